The number of aliphatic hydroxyl groups is 1. The fourth-order valence-corrected chi connectivity index (χ4v) is 2.53. The van der Waals surface area contributed by atoms with Crippen LogP contribution in [0.2, 0.25) is 0 Å². The zero-order valence-electron chi connectivity index (χ0n) is 16.1. The van der Waals surface area contributed by atoms with Gasteiger partial charge in [0.15, 0.2) is 0 Å². The van der Waals surface area contributed by atoms with E-state index in [0.717, 1.165) is 5.56 Å². The van der Waals surface area contributed by atoms with Gasteiger partial charge in [-0.25, -0.2) is 4.79 Å². The van der Waals surface area contributed by atoms with Crippen LogP contribution in [-0.4, -0.2) is 34.7 Å². The van der Waals surface area contributed by atoms with Crippen LogP contribution in [0, 0.1) is 0 Å². The van der Waals surface area contributed by atoms with Crippen molar-refractivity contribution >= 4 is 17.7 Å². The maximum atomic E-state index is 13.0. The minimum absolute atomic E-state index is 0.0672. The first kappa shape index (κ1) is 20.5. The van der Waals surface area contributed by atoms with Gasteiger partial charge in [-0.2, -0.15) is 0 Å². The number of hydrogen-bond donors (Lipinski definition) is 2. The molecule has 0 spiro atoms. The molecule has 6 heteroatoms. The number of likely N-dealkylation sites (N-methyl/N-ethyl adjacent to an activating group) is 1. The van der Waals surface area contributed by atoms with E-state index in [9.17, 15) is 9.59 Å². The Kier molecular flexibility index (Phi) is 6.58. The van der Waals surface area contributed by atoms with Gasteiger partial charge in [-0.1, -0.05) is 42.5 Å². The Morgan fingerprint density at radius 2 is 1.67 bits per heavy atom. The fourth-order valence-electron chi connectivity index (χ4n) is 2.53. The lowest BCUT2D eigenvalue weighted by atomic mass is 10.0. The van der Waals surface area contributed by atoms with E-state index in [-0.39, 0.29) is 12.5 Å². The van der Waals surface area contributed by atoms with E-state index in [1.807, 2.05) is 18.2 Å². The Morgan fingerprint density at radius 1 is 1.07 bits per heavy atom. The number of carbonyl (C=O) groups is 2. The zero-order chi connectivity index (χ0) is 20.0. The lowest BCUT2D eigenvalue weighted by Gasteiger charge is -2.30. The van der Waals surface area contributed by atoms with Crippen LogP contribution in [-0.2, 0) is 16.1 Å². The van der Waals surface area contributed by atoms with Crippen LogP contribution in [0.1, 0.15) is 37.9 Å². The van der Waals surface area contributed by atoms with Gasteiger partial charge in [-0.15, -0.1) is 0 Å². The van der Waals surface area contributed by atoms with Crippen molar-refractivity contribution in [3.8, 4) is 0 Å². The molecule has 0 aromatic heterocycles. The third-order valence-corrected chi connectivity index (χ3v) is 3.84. The molecule has 1 unspecified atom stereocenters. The van der Waals surface area contributed by atoms with Crippen molar-refractivity contribution in [2.45, 2.75) is 39.0 Å². The first-order chi connectivity index (χ1) is 12.7. The van der Waals surface area contributed by atoms with E-state index >= 15 is 0 Å². The number of hydrogen-bond acceptors (Lipinski definition) is 4. The van der Waals surface area contributed by atoms with Gasteiger partial charge in [0.2, 0.25) is 0 Å². The molecular formula is C21H26N2O4. The van der Waals surface area contributed by atoms with E-state index in [0.29, 0.717) is 11.3 Å². The highest BCUT2D eigenvalue weighted by molar-refractivity contribution is 5.97. The van der Waals surface area contributed by atoms with Crippen molar-refractivity contribution in [2.24, 2.45) is 0 Å². The molecule has 2 aromatic rings. The maximum Gasteiger partial charge on any atom is 0.410 e. The van der Waals surface area contributed by atoms with Crippen molar-refractivity contribution in [1.82, 2.24) is 4.90 Å². The number of benzene rings is 2. The van der Waals surface area contributed by atoms with Crippen LogP contribution in [0.3, 0.4) is 0 Å². The average molecular weight is 370 g/mol. The molecule has 144 valence electrons. The van der Waals surface area contributed by atoms with Gasteiger partial charge >= 0.3 is 6.09 Å². The predicted octanol–water partition coefficient (Wildman–Crippen LogP) is 3.73. The Balaban J connectivity index is 2.26. The van der Waals surface area contributed by atoms with Crippen molar-refractivity contribution in [1.29, 1.82) is 0 Å². The first-order valence-electron chi connectivity index (χ1n) is 8.72. The number of rotatable bonds is 5. The molecule has 0 aliphatic heterocycles. The molecule has 2 N–H and O–H groups in total. The normalized spacial score (nSPS) is 12.2. The summed E-state index contributed by atoms with van der Waals surface area (Å²) in [6.45, 7) is 5.26. The second-order valence-corrected chi connectivity index (χ2v) is 7.25. The largest absolute Gasteiger partial charge is 0.444 e. The summed E-state index contributed by atoms with van der Waals surface area (Å²) in [5.74, 6) is -0.355. The summed E-state index contributed by atoms with van der Waals surface area (Å²) in [5.41, 5.74) is 1.34. The molecule has 2 aromatic carbocycles. The van der Waals surface area contributed by atoms with E-state index < -0.39 is 17.7 Å². The van der Waals surface area contributed by atoms with Crippen LogP contribution in [0.25, 0.3) is 0 Å². The molecule has 0 aliphatic carbocycles. The van der Waals surface area contributed by atoms with Gasteiger partial charge in [0.05, 0.1) is 6.61 Å². The number of ether oxygens (including phenoxy) is 1. The average Bonchev–Trinajstić information content (AvgIpc) is 2.62. The molecule has 2 amide bonds. The number of aliphatic hydroxyl groups excluding tert-OH is 1. The van der Waals surface area contributed by atoms with Gasteiger partial charge in [0.1, 0.15) is 11.6 Å². The quantitative estimate of drug-likeness (QED) is 0.841. The van der Waals surface area contributed by atoms with Gasteiger partial charge in [0, 0.05) is 12.7 Å². The van der Waals surface area contributed by atoms with Crippen LogP contribution < -0.4 is 5.32 Å². The molecule has 0 fully saturated rings. The van der Waals surface area contributed by atoms with E-state index in [1.165, 1.54) is 4.90 Å². The third-order valence-electron chi connectivity index (χ3n) is 3.84. The number of nitrogens with one attached hydrogen (secondary N) is 1. The zero-order valence-corrected chi connectivity index (χ0v) is 16.1. The fraction of sp³-hybridized carbons (Fsp3) is 0.333. The SMILES string of the molecule is CN(C(=O)OC(C)(C)C)C(C(=O)Nc1ccc(CO)cc1)c1ccccc1. The van der Waals surface area contributed by atoms with Crippen molar-refractivity contribution < 1.29 is 19.4 Å². The molecule has 27 heavy (non-hydrogen) atoms. The highest BCUT2D eigenvalue weighted by atomic mass is 16.6. The number of nitrogens with zero attached hydrogens (tertiary/aromatic N) is 1. The smallest absolute Gasteiger partial charge is 0.410 e. The first-order valence-corrected chi connectivity index (χ1v) is 8.72. The molecule has 0 aliphatic rings. The standard InChI is InChI=1S/C21H26N2O4/c1-21(2,3)27-20(26)23(4)18(16-8-6-5-7-9-16)19(25)22-17-12-10-15(14-24)11-13-17/h5-13,18,24H,14H2,1-4H3,(H,22,25). The van der Waals surface area contributed by atoms with Gasteiger partial charge in [-0.3, -0.25) is 9.69 Å². The molecule has 6 nitrogen and oxygen atoms in total. The van der Waals surface area contributed by atoms with Crippen molar-refractivity contribution in [3.63, 3.8) is 0 Å². The van der Waals surface area contributed by atoms with Crippen LogP contribution in [0.5, 0.6) is 0 Å². The number of carbonyl (C=O) groups excluding carboxylic acids is 2. The Bertz CT molecular complexity index is 767. The molecule has 0 saturated carbocycles. The summed E-state index contributed by atoms with van der Waals surface area (Å²) in [4.78, 5) is 26.8. The number of anilines is 1. The highest BCUT2D eigenvalue weighted by Gasteiger charge is 2.31. The number of amides is 2. The summed E-state index contributed by atoms with van der Waals surface area (Å²) in [6, 6.07) is 15.1. The monoisotopic (exact) mass is 370 g/mol. The second kappa shape index (κ2) is 8.68. The lowest BCUT2D eigenvalue weighted by molar-refractivity contribution is -0.121. The molecule has 0 bridgehead atoms. The van der Waals surface area contributed by atoms with Gasteiger partial charge in [0.25, 0.3) is 5.91 Å². The van der Waals surface area contributed by atoms with Crippen LogP contribution in [0.4, 0.5) is 10.5 Å². The summed E-state index contributed by atoms with van der Waals surface area (Å²) in [7, 11) is 1.54. The summed E-state index contributed by atoms with van der Waals surface area (Å²) in [6.07, 6.45) is -0.581. The minimum Gasteiger partial charge on any atom is -0.444 e. The highest BCUT2D eigenvalue weighted by Crippen LogP contribution is 2.24. The van der Waals surface area contributed by atoms with Gasteiger partial charge < -0.3 is 15.2 Å². The van der Waals surface area contributed by atoms with Crippen molar-refractivity contribution in [3.05, 3.63) is 65.7 Å². The molecule has 0 radical (unpaired) electrons. The van der Waals surface area contributed by atoms with Crippen LogP contribution >= 0.6 is 0 Å². The Morgan fingerprint density at radius 3 is 2.19 bits per heavy atom. The van der Waals surface area contributed by atoms with Gasteiger partial charge in [-0.05, 0) is 44.0 Å². The van der Waals surface area contributed by atoms with E-state index in [4.69, 9.17) is 9.84 Å². The molecule has 1 atom stereocenters. The lowest BCUT2D eigenvalue weighted by Crippen LogP contribution is -2.41. The minimum atomic E-state index is -0.849. The molecule has 0 heterocycles. The van der Waals surface area contributed by atoms with E-state index in [1.54, 1.807) is 64.2 Å². The Labute approximate surface area is 159 Å². The second-order valence-electron chi connectivity index (χ2n) is 7.25. The molecular weight excluding hydrogens is 344 g/mol. The third kappa shape index (κ3) is 5.82. The summed E-state index contributed by atoms with van der Waals surface area (Å²) >= 11 is 0. The summed E-state index contributed by atoms with van der Waals surface area (Å²) < 4.78 is 5.41. The van der Waals surface area contributed by atoms with E-state index in [2.05, 4.69) is 5.32 Å². The maximum absolute atomic E-state index is 13.0. The summed E-state index contributed by atoms with van der Waals surface area (Å²) in [5, 5.41) is 11.9. The topological polar surface area (TPSA) is 78.9 Å². The Hall–Kier alpha value is -2.86. The van der Waals surface area contributed by atoms with Crippen LogP contribution in [0.15, 0.2) is 54.6 Å². The molecule has 2 rings (SSSR count). The predicted molar refractivity (Wildman–Crippen MR) is 104 cm³/mol. The van der Waals surface area contributed by atoms with Crippen molar-refractivity contribution in [2.75, 3.05) is 12.4 Å². The molecule has 0 saturated heterocycles.